The Labute approximate surface area is 224 Å². The van der Waals surface area contributed by atoms with Gasteiger partial charge in [-0.15, -0.1) is 10.2 Å². The lowest BCUT2D eigenvalue weighted by atomic mass is 9.79. The molecule has 3 heterocycles. The molecule has 1 aliphatic carbocycles. The lowest BCUT2D eigenvalue weighted by Gasteiger charge is -2.27. The van der Waals surface area contributed by atoms with Crippen molar-refractivity contribution >= 4 is 28.7 Å². The molecule has 198 valence electrons. The van der Waals surface area contributed by atoms with Crippen molar-refractivity contribution in [3.8, 4) is 5.69 Å². The number of fused-ring (bicyclic) bond motifs is 4. The highest BCUT2D eigenvalue weighted by atomic mass is 35.5. The number of aromatic nitrogens is 4. The van der Waals surface area contributed by atoms with Crippen molar-refractivity contribution in [1.29, 1.82) is 0 Å². The maximum Gasteiger partial charge on any atom is 0.411 e. The molecule has 0 saturated heterocycles. The zero-order valence-electron chi connectivity index (χ0n) is 21.6. The zero-order valence-corrected chi connectivity index (χ0v) is 22.3. The monoisotopic (exact) mass is 537 g/mol. The molecule has 10 heteroatoms. The minimum Gasteiger partial charge on any atom is -0.444 e. The molecule has 38 heavy (non-hydrogen) atoms. The highest BCUT2D eigenvalue weighted by Crippen LogP contribution is 2.43. The number of carbonyl (C=O) groups excluding carboxylic acids is 1. The van der Waals surface area contributed by atoms with Crippen molar-refractivity contribution in [1.82, 2.24) is 24.8 Å². The molecular weight excluding hydrogens is 509 g/mol. The number of ether oxygens (including phenoxy) is 1. The Morgan fingerprint density at radius 1 is 1.05 bits per heavy atom. The van der Waals surface area contributed by atoms with Gasteiger partial charge in [0.2, 0.25) is 0 Å². The summed E-state index contributed by atoms with van der Waals surface area (Å²) in [7, 11) is 0. The van der Waals surface area contributed by atoms with Crippen LogP contribution < -0.4 is 0 Å². The van der Waals surface area contributed by atoms with Gasteiger partial charge in [-0.05, 0) is 82.3 Å². The van der Waals surface area contributed by atoms with Gasteiger partial charge in [-0.2, -0.15) is 0 Å². The third-order valence-corrected chi connectivity index (χ3v) is 7.56. The number of benzene rings is 2. The number of amides is 1. The van der Waals surface area contributed by atoms with Crippen LogP contribution in [0.15, 0.2) is 40.9 Å². The summed E-state index contributed by atoms with van der Waals surface area (Å²) in [4.78, 5) is 14.7. The Morgan fingerprint density at radius 2 is 1.82 bits per heavy atom. The fraction of sp³-hybridized carbons (Fsp3) is 0.429. The van der Waals surface area contributed by atoms with Crippen LogP contribution >= 0.6 is 11.6 Å². The highest BCUT2D eigenvalue weighted by Gasteiger charge is 2.34. The summed E-state index contributed by atoms with van der Waals surface area (Å²) < 4.78 is 26.8. The van der Waals surface area contributed by atoms with E-state index in [1.807, 2.05) is 39.0 Å². The summed E-state index contributed by atoms with van der Waals surface area (Å²) in [5.74, 6) is 1.68. The molecule has 2 aliphatic rings. The lowest BCUT2D eigenvalue weighted by molar-refractivity contribution is 0.0214. The van der Waals surface area contributed by atoms with Gasteiger partial charge >= 0.3 is 6.09 Å². The van der Waals surface area contributed by atoms with Crippen molar-refractivity contribution in [3.05, 3.63) is 70.1 Å². The first-order valence-corrected chi connectivity index (χ1v) is 13.3. The largest absolute Gasteiger partial charge is 0.444 e. The van der Waals surface area contributed by atoms with E-state index in [0.717, 1.165) is 53.8 Å². The molecule has 0 unspecified atom stereocenters. The normalized spacial score (nSPS) is 19.7. The molecule has 6 rings (SSSR count). The van der Waals surface area contributed by atoms with Crippen LogP contribution in [-0.2, 0) is 17.8 Å². The molecule has 0 bridgehead atoms. The minimum absolute atomic E-state index is 0.194. The summed E-state index contributed by atoms with van der Waals surface area (Å²) in [6.07, 6.45) is 3.21. The Morgan fingerprint density at radius 3 is 2.58 bits per heavy atom. The van der Waals surface area contributed by atoms with E-state index >= 15 is 0 Å². The molecule has 1 fully saturated rings. The molecule has 2 aromatic heterocycles. The average molecular weight is 538 g/mol. The van der Waals surface area contributed by atoms with Crippen LogP contribution in [0.4, 0.5) is 9.18 Å². The molecule has 0 N–H and O–H groups in total. The second-order valence-electron chi connectivity index (χ2n) is 11.2. The van der Waals surface area contributed by atoms with Crippen LogP contribution in [0.3, 0.4) is 0 Å². The Hall–Kier alpha value is -3.46. The smallest absolute Gasteiger partial charge is 0.411 e. The number of rotatable bonds is 2. The van der Waals surface area contributed by atoms with Gasteiger partial charge in [0.1, 0.15) is 17.2 Å². The molecule has 2 aromatic carbocycles. The Kier molecular flexibility index (Phi) is 6.13. The van der Waals surface area contributed by atoms with E-state index in [0.29, 0.717) is 23.0 Å². The number of hydrogen-bond acceptors (Lipinski definition) is 6. The maximum atomic E-state index is 13.6. The second-order valence-corrected chi connectivity index (χ2v) is 11.6. The molecule has 0 radical (unpaired) electrons. The third kappa shape index (κ3) is 4.64. The van der Waals surface area contributed by atoms with Crippen LogP contribution in [0.25, 0.3) is 16.7 Å². The van der Waals surface area contributed by atoms with Crippen molar-refractivity contribution in [3.63, 3.8) is 0 Å². The predicted molar refractivity (Wildman–Crippen MR) is 140 cm³/mol. The van der Waals surface area contributed by atoms with Crippen molar-refractivity contribution in [2.75, 3.05) is 0 Å². The Bertz CT molecular complexity index is 1520. The summed E-state index contributed by atoms with van der Waals surface area (Å²) in [6, 6.07) is 10.3. The van der Waals surface area contributed by atoms with Crippen LogP contribution in [-0.4, -0.2) is 36.5 Å². The summed E-state index contributed by atoms with van der Waals surface area (Å²) in [6.45, 7) is 6.20. The molecular formula is C28H29ClFN5O3. The fourth-order valence-electron chi connectivity index (χ4n) is 5.60. The standard InChI is InChI=1S/C28H29ClFN5O3/c1-28(2,3)37-27(36)34-14-18-12-19(29)8-11-22(18)35-24(15-34)31-32-26(35)17-6-4-16(5-7-17)25-21-10-9-20(30)13-23(21)38-33-25/h8-13,16-17H,4-7,14-15H2,1-3H3/t16-,17-. The van der Waals surface area contributed by atoms with E-state index in [9.17, 15) is 9.18 Å². The van der Waals surface area contributed by atoms with E-state index in [1.165, 1.54) is 12.1 Å². The first-order valence-electron chi connectivity index (χ1n) is 12.9. The average Bonchev–Trinajstić information content (AvgIpc) is 3.43. The van der Waals surface area contributed by atoms with Crippen molar-refractivity contribution < 1.29 is 18.4 Å². The molecule has 1 saturated carbocycles. The van der Waals surface area contributed by atoms with Gasteiger partial charge in [0.15, 0.2) is 11.4 Å². The summed E-state index contributed by atoms with van der Waals surface area (Å²) in [5, 5.41) is 14.9. The van der Waals surface area contributed by atoms with Gasteiger partial charge in [-0.1, -0.05) is 16.8 Å². The first kappa shape index (κ1) is 24.9. The van der Waals surface area contributed by atoms with Crippen LogP contribution in [0.5, 0.6) is 0 Å². The molecule has 0 spiro atoms. The van der Waals surface area contributed by atoms with Gasteiger partial charge in [-0.3, -0.25) is 9.47 Å². The molecule has 1 amide bonds. The summed E-state index contributed by atoms with van der Waals surface area (Å²) >= 11 is 6.36. The van der Waals surface area contributed by atoms with E-state index < -0.39 is 11.7 Å². The van der Waals surface area contributed by atoms with Gasteiger partial charge in [0.05, 0.1) is 24.5 Å². The second kappa shape index (κ2) is 9.38. The van der Waals surface area contributed by atoms with E-state index in [2.05, 4.69) is 19.9 Å². The van der Waals surface area contributed by atoms with Gasteiger partial charge in [0, 0.05) is 28.3 Å². The quantitative estimate of drug-likeness (QED) is 0.276. The zero-order chi connectivity index (χ0) is 26.6. The topological polar surface area (TPSA) is 86.3 Å². The summed E-state index contributed by atoms with van der Waals surface area (Å²) in [5.41, 5.74) is 2.61. The van der Waals surface area contributed by atoms with Crippen LogP contribution in [0, 0.1) is 5.82 Å². The molecule has 4 aromatic rings. The van der Waals surface area contributed by atoms with Crippen LogP contribution in [0.1, 0.15) is 81.2 Å². The van der Waals surface area contributed by atoms with Gasteiger partial charge in [-0.25, -0.2) is 9.18 Å². The Balaban J connectivity index is 1.28. The predicted octanol–water partition coefficient (Wildman–Crippen LogP) is 6.89. The van der Waals surface area contributed by atoms with Crippen LogP contribution in [0.2, 0.25) is 5.02 Å². The van der Waals surface area contributed by atoms with Gasteiger partial charge in [0.25, 0.3) is 0 Å². The lowest BCUT2D eigenvalue weighted by Crippen LogP contribution is -2.35. The highest BCUT2D eigenvalue weighted by molar-refractivity contribution is 6.30. The van der Waals surface area contributed by atoms with Gasteiger partial charge < -0.3 is 9.26 Å². The van der Waals surface area contributed by atoms with E-state index in [-0.39, 0.29) is 24.2 Å². The number of carbonyl (C=O) groups is 1. The maximum absolute atomic E-state index is 13.6. The molecule has 8 nitrogen and oxygen atoms in total. The van der Waals surface area contributed by atoms with Crippen molar-refractivity contribution in [2.24, 2.45) is 0 Å². The number of hydrogen-bond donors (Lipinski definition) is 0. The fourth-order valence-corrected chi connectivity index (χ4v) is 5.79. The minimum atomic E-state index is -0.610. The number of nitrogens with zero attached hydrogens (tertiary/aromatic N) is 5. The molecule has 1 aliphatic heterocycles. The molecule has 0 atom stereocenters. The van der Waals surface area contributed by atoms with Crippen molar-refractivity contribution in [2.45, 2.75) is 77.0 Å². The SMILES string of the molecule is CC(C)(C)OC(=O)N1Cc2cc(Cl)ccc2-n2c(nnc2[C@H]2CC[C@H](c3noc4cc(F)ccc43)CC2)C1. The third-order valence-electron chi connectivity index (χ3n) is 7.32. The van der Waals surface area contributed by atoms with E-state index in [1.54, 1.807) is 11.0 Å². The number of halogens is 2. The van der Waals surface area contributed by atoms with E-state index in [4.69, 9.17) is 20.9 Å². The first-order chi connectivity index (χ1) is 18.2.